The summed E-state index contributed by atoms with van der Waals surface area (Å²) in [5.41, 5.74) is 2.79. The van der Waals surface area contributed by atoms with Crippen LogP contribution in [0.2, 0.25) is 0 Å². The number of rotatable bonds is 5. The van der Waals surface area contributed by atoms with Crippen LogP contribution in [-0.2, 0) is 11.3 Å². The predicted octanol–water partition coefficient (Wildman–Crippen LogP) is 4.30. The van der Waals surface area contributed by atoms with Gasteiger partial charge in [-0.3, -0.25) is 4.98 Å². The molecule has 0 saturated heterocycles. The van der Waals surface area contributed by atoms with Crippen molar-refractivity contribution >= 4 is 21.6 Å². The SMILES string of the molecule is COCc1c(Br)cccc1NC(C)c1cncc(F)c1. The fourth-order valence-corrected chi connectivity index (χ4v) is 2.45. The summed E-state index contributed by atoms with van der Waals surface area (Å²) in [7, 11) is 1.66. The standard InChI is InChI=1S/C15H16BrFN2O/c1-10(11-6-12(17)8-18-7-11)19-15-5-3-4-14(16)13(15)9-20-2/h3-8,10,19H,9H2,1-2H3. The van der Waals surface area contributed by atoms with Gasteiger partial charge < -0.3 is 10.1 Å². The maximum Gasteiger partial charge on any atom is 0.141 e. The molecule has 2 aromatic rings. The first-order valence-electron chi connectivity index (χ1n) is 6.25. The Bertz CT molecular complexity index is 592. The van der Waals surface area contributed by atoms with Crippen LogP contribution < -0.4 is 5.32 Å². The lowest BCUT2D eigenvalue weighted by Crippen LogP contribution is -2.09. The molecule has 1 aromatic heterocycles. The van der Waals surface area contributed by atoms with Gasteiger partial charge >= 0.3 is 0 Å². The summed E-state index contributed by atoms with van der Waals surface area (Å²) < 4.78 is 19.4. The maximum atomic E-state index is 13.2. The fourth-order valence-electron chi connectivity index (χ4n) is 1.97. The molecule has 5 heteroatoms. The molecule has 1 aromatic carbocycles. The Balaban J connectivity index is 2.23. The zero-order valence-electron chi connectivity index (χ0n) is 11.4. The molecule has 0 spiro atoms. The highest BCUT2D eigenvalue weighted by molar-refractivity contribution is 9.10. The molecular weight excluding hydrogens is 323 g/mol. The highest BCUT2D eigenvalue weighted by Crippen LogP contribution is 2.28. The monoisotopic (exact) mass is 338 g/mol. The minimum absolute atomic E-state index is 0.0527. The number of aromatic nitrogens is 1. The van der Waals surface area contributed by atoms with E-state index in [-0.39, 0.29) is 11.9 Å². The van der Waals surface area contributed by atoms with Crippen molar-refractivity contribution in [1.29, 1.82) is 0 Å². The van der Waals surface area contributed by atoms with Gasteiger partial charge in [0.15, 0.2) is 0 Å². The van der Waals surface area contributed by atoms with Crippen molar-refractivity contribution in [2.24, 2.45) is 0 Å². The van der Waals surface area contributed by atoms with Gasteiger partial charge in [0.2, 0.25) is 0 Å². The van der Waals surface area contributed by atoms with Gasteiger partial charge in [0.05, 0.1) is 18.8 Å². The van der Waals surface area contributed by atoms with E-state index in [0.29, 0.717) is 6.61 Å². The van der Waals surface area contributed by atoms with E-state index in [9.17, 15) is 4.39 Å². The summed E-state index contributed by atoms with van der Waals surface area (Å²) in [4.78, 5) is 3.87. The number of hydrogen-bond donors (Lipinski definition) is 1. The second-order valence-electron chi connectivity index (χ2n) is 4.50. The molecule has 3 nitrogen and oxygen atoms in total. The molecule has 1 N–H and O–H groups in total. The van der Waals surface area contributed by atoms with E-state index in [4.69, 9.17) is 4.74 Å². The highest BCUT2D eigenvalue weighted by Gasteiger charge is 2.11. The summed E-state index contributed by atoms with van der Waals surface area (Å²) in [5, 5.41) is 3.36. The first kappa shape index (κ1) is 14.9. The van der Waals surface area contributed by atoms with Gasteiger partial charge in [-0.2, -0.15) is 0 Å². The van der Waals surface area contributed by atoms with Gasteiger partial charge in [-0.1, -0.05) is 22.0 Å². The third-order valence-electron chi connectivity index (χ3n) is 3.01. The fraction of sp³-hybridized carbons (Fsp3) is 0.267. The van der Waals surface area contributed by atoms with Gasteiger partial charge in [-0.05, 0) is 30.7 Å². The molecule has 0 amide bonds. The van der Waals surface area contributed by atoms with Crippen LogP contribution in [0, 0.1) is 5.82 Å². The zero-order chi connectivity index (χ0) is 14.5. The lowest BCUT2D eigenvalue weighted by molar-refractivity contribution is 0.185. The van der Waals surface area contributed by atoms with Crippen LogP contribution in [0.1, 0.15) is 24.1 Å². The van der Waals surface area contributed by atoms with Crippen LogP contribution in [0.25, 0.3) is 0 Å². The first-order chi connectivity index (χ1) is 9.61. The molecule has 2 rings (SSSR count). The van der Waals surface area contributed by atoms with Crippen molar-refractivity contribution in [2.45, 2.75) is 19.6 Å². The lowest BCUT2D eigenvalue weighted by Gasteiger charge is -2.19. The van der Waals surface area contributed by atoms with Crippen LogP contribution in [0.5, 0.6) is 0 Å². The van der Waals surface area contributed by atoms with Crippen molar-refractivity contribution in [3.05, 3.63) is 58.1 Å². The highest BCUT2D eigenvalue weighted by atomic mass is 79.9. The van der Waals surface area contributed by atoms with E-state index in [2.05, 4.69) is 26.2 Å². The largest absolute Gasteiger partial charge is 0.380 e. The smallest absolute Gasteiger partial charge is 0.141 e. The van der Waals surface area contributed by atoms with E-state index < -0.39 is 0 Å². The topological polar surface area (TPSA) is 34.1 Å². The Kier molecular flexibility index (Phi) is 5.09. The van der Waals surface area contributed by atoms with Crippen molar-refractivity contribution in [3.63, 3.8) is 0 Å². The number of nitrogens with one attached hydrogen (secondary N) is 1. The number of ether oxygens (including phenoxy) is 1. The van der Waals surface area contributed by atoms with Crippen LogP contribution in [0.15, 0.2) is 41.1 Å². The molecule has 0 aliphatic carbocycles. The first-order valence-corrected chi connectivity index (χ1v) is 7.04. The third kappa shape index (κ3) is 3.55. The molecule has 0 aliphatic rings. The van der Waals surface area contributed by atoms with Crippen molar-refractivity contribution in [2.75, 3.05) is 12.4 Å². The number of nitrogens with zero attached hydrogens (tertiary/aromatic N) is 1. The van der Waals surface area contributed by atoms with Crippen LogP contribution in [0.4, 0.5) is 10.1 Å². The van der Waals surface area contributed by atoms with Crippen LogP contribution >= 0.6 is 15.9 Å². The quantitative estimate of drug-likeness (QED) is 0.882. The Hall–Kier alpha value is -1.46. The molecule has 0 fully saturated rings. The molecule has 0 bridgehead atoms. The second kappa shape index (κ2) is 6.81. The summed E-state index contributed by atoms with van der Waals surface area (Å²) in [6, 6.07) is 7.32. The number of benzene rings is 1. The minimum atomic E-state index is -0.331. The average molecular weight is 339 g/mol. The summed E-state index contributed by atoms with van der Waals surface area (Å²) >= 11 is 3.51. The molecule has 0 aliphatic heterocycles. The predicted molar refractivity (Wildman–Crippen MR) is 81.1 cm³/mol. The van der Waals surface area contributed by atoms with Crippen molar-refractivity contribution < 1.29 is 9.13 Å². The van der Waals surface area contributed by atoms with Crippen LogP contribution in [0.3, 0.4) is 0 Å². The molecule has 0 radical (unpaired) electrons. The van der Waals surface area contributed by atoms with Gasteiger partial charge in [-0.25, -0.2) is 4.39 Å². The Morgan fingerprint density at radius 3 is 2.90 bits per heavy atom. The number of methoxy groups -OCH3 is 1. The lowest BCUT2D eigenvalue weighted by atomic mass is 10.1. The molecule has 20 heavy (non-hydrogen) atoms. The summed E-state index contributed by atoms with van der Waals surface area (Å²) in [6.45, 7) is 2.46. The number of halogens is 2. The van der Waals surface area contributed by atoms with E-state index in [1.54, 1.807) is 13.3 Å². The van der Waals surface area contributed by atoms with E-state index >= 15 is 0 Å². The molecule has 1 heterocycles. The Morgan fingerprint density at radius 1 is 1.40 bits per heavy atom. The summed E-state index contributed by atoms with van der Waals surface area (Å²) in [5.74, 6) is -0.331. The number of hydrogen-bond acceptors (Lipinski definition) is 3. The maximum absolute atomic E-state index is 13.2. The van der Waals surface area contributed by atoms with E-state index in [0.717, 1.165) is 21.3 Å². The molecule has 106 valence electrons. The normalized spacial score (nSPS) is 12.2. The van der Waals surface area contributed by atoms with Crippen LogP contribution in [-0.4, -0.2) is 12.1 Å². The minimum Gasteiger partial charge on any atom is -0.380 e. The average Bonchev–Trinajstić information content (AvgIpc) is 2.42. The molecule has 0 saturated carbocycles. The molecular formula is C15H16BrFN2O. The number of pyridine rings is 1. The molecule has 1 unspecified atom stereocenters. The molecule has 1 atom stereocenters. The van der Waals surface area contributed by atoms with E-state index in [1.807, 2.05) is 25.1 Å². The van der Waals surface area contributed by atoms with Crippen molar-refractivity contribution in [1.82, 2.24) is 4.98 Å². The second-order valence-corrected chi connectivity index (χ2v) is 5.36. The third-order valence-corrected chi connectivity index (χ3v) is 3.75. The number of anilines is 1. The van der Waals surface area contributed by atoms with Crippen molar-refractivity contribution in [3.8, 4) is 0 Å². The Labute approximate surface area is 126 Å². The summed E-state index contributed by atoms with van der Waals surface area (Å²) in [6.07, 6.45) is 2.86. The zero-order valence-corrected chi connectivity index (χ0v) is 12.9. The Morgan fingerprint density at radius 2 is 2.20 bits per heavy atom. The van der Waals surface area contributed by atoms with Gasteiger partial charge in [0.25, 0.3) is 0 Å². The van der Waals surface area contributed by atoms with Gasteiger partial charge in [-0.15, -0.1) is 0 Å². The van der Waals surface area contributed by atoms with Gasteiger partial charge in [0.1, 0.15) is 5.82 Å². The van der Waals surface area contributed by atoms with Gasteiger partial charge in [0, 0.05) is 29.0 Å². The van der Waals surface area contributed by atoms with E-state index in [1.165, 1.54) is 12.3 Å².